The van der Waals surface area contributed by atoms with E-state index in [2.05, 4.69) is 20.0 Å². The van der Waals surface area contributed by atoms with Crippen LogP contribution in [0.2, 0.25) is 0 Å². The number of fused-ring (bicyclic) bond motifs is 1. The Balaban J connectivity index is 1.74. The van der Waals surface area contributed by atoms with Gasteiger partial charge in [0.15, 0.2) is 17.3 Å². The summed E-state index contributed by atoms with van der Waals surface area (Å²) in [4.78, 5) is 12.9. The first-order valence-electron chi connectivity index (χ1n) is 10.8. The number of ether oxygens (including phenoxy) is 4. The largest absolute Gasteiger partial charge is 0.497 e. The maximum atomic E-state index is 12.9. The third-order valence-corrected chi connectivity index (χ3v) is 5.97. The molecule has 2 heterocycles. The Morgan fingerprint density at radius 3 is 2.56 bits per heavy atom. The highest BCUT2D eigenvalue weighted by Crippen LogP contribution is 2.32. The number of benzene rings is 2. The Labute approximate surface area is 209 Å². The SMILES string of the molecule is CCOC(=O)/C(=C/c1ccc(OC(F)F)c(OC)c1)C1=Nn2c(nnc2-c2ccc(OC)cc2)SC1. The van der Waals surface area contributed by atoms with Crippen molar-refractivity contribution in [2.24, 2.45) is 5.10 Å². The molecule has 1 aliphatic rings. The molecule has 12 heteroatoms. The molecule has 0 spiro atoms. The lowest BCUT2D eigenvalue weighted by molar-refractivity contribution is -0.137. The van der Waals surface area contributed by atoms with Crippen LogP contribution in [0.1, 0.15) is 12.5 Å². The number of rotatable bonds is 9. The number of carbonyl (C=O) groups is 1. The molecule has 0 amide bonds. The number of hydrogen-bond acceptors (Lipinski definition) is 9. The Kier molecular flexibility index (Phi) is 7.84. The first kappa shape index (κ1) is 25.2. The van der Waals surface area contributed by atoms with Crippen molar-refractivity contribution in [2.75, 3.05) is 26.6 Å². The van der Waals surface area contributed by atoms with Crippen LogP contribution in [-0.4, -0.2) is 59.7 Å². The van der Waals surface area contributed by atoms with Gasteiger partial charge < -0.3 is 18.9 Å². The van der Waals surface area contributed by atoms with Crippen LogP contribution in [0.25, 0.3) is 17.5 Å². The third-order valence-electron chi connectivity index (χ3n) is 5.04. The van der Waals surface area contributed by atoms with Crippen molar-refractivity contribution in [1.29, 1.82) is 0 Å². The van der Waals surface area contributed by atoms with Crippen molar-refractivity contribution < 1.29 is 32.5 Å². The second-order valence-electron chi connectivity index (χ2n) is 7.25. The zero-order valence-electron chi connectivity index (χ0n) is 19.6. The summed E-state index contributed by atoms with van der Waals surface area (Å²) in [5.41, 5.74) is 1.91. The molecule has 4 rings (SSSR count). The van der Waals surface area contributed by atoms with Gasteiger partial charge >= 0.3 is 12.6 Å². The van der Waals surface area contributed by atoms with E-state index < -0.39 is 12.6 Å². The molecule has 1 aromatic heterocycles. The molecule has 9 nitrogen and oxygen atoms in total. The van der Waals surface area contributed by atoms with Gasteiger partial charge in [0, 0.05) is 11.3 Å². The predicted molar refractivity (Wildman–Crippen MR) is 130 cm³/mol. The number of nitrogens with zero attached hydrogens (tertiary/aromatic N) is 4. The van der Waals surface area contributed by atoms with E-state index >= 15 is 0 Å². The van der Waals surface area contributed by atoms with Crippen molar-refractivity contribution in [2.45, 2.75) is 18.7 Å². The van der Waals surface area contributed by atoms with Gasteiger partial charge in [-0.1, -0.05) is 17.8 Å². The van der Waals surface area contributed by atoms with Crippen LogP contribution in [0.4, 0.5) is 8.78 Å². The second kappa shape index (κ2) is 11.2. The van der Waals surface area contributed by atoms with Gasteiger partial charge in [-0.15, -0.1) is 10.2 Å². The quantitative estimate of drug-likeness (QED) is 0.303. The fraction of sp³-hybridized carbons (Fsp3) is 0.250. The average molecular weight is 517 g/mol. The molecule has 3 aromatic rings. The number of carbonyl (C=O) groups excluding carboxylic acids is 1. The van der Waals surface area contributed by atoms with Gasteiger partial charge in [0.2, 0.25) is 5.16 Å². The molecule has 0 unspecified atom stereocenters. The topological polar surface area (TPSA) is 97.1 Å². The van der Waals surface area contributed by atoms with Crippen LogP contribution in [0.15, 0.2) is 58.3 Å². The second-order valence-corrected chi connectivity index (χ2v) is 8.19. The van der Waals surface area contributed by atoms with Crippen molar-refractivity contribution in [3.8, 4) is 28.6 Å². The standard InChI is InChI=1S/C24H22F2N4O5S/c1-4-34-22(31)17(11-14-5-10-19(35-23(25)26)20(12-14)33-3)18-13-36-24-28-27-21(30(24)29-18)15-6-8-16(32-2)9-7-15/h5-12,23H,4,13H2,1-3H3/b17-11+. The highest BCUT2D eigenvalue weighted by molar-refractivity contribution is 7.99. The Morgan fingerprint density at radius 1 is 1.11 bits per heavy atom. The van der Waals surface area contributed by atoms with Crippen molar-refractivity contribution in [3.05, 3.63) is 53.6 Å². The lowest BCUT2D eigenvalue weighted by Gasteiger charge is -2.16. The molecular formula is C24H22F2N4O5S. The zero-order valence-corrected chi connectivity index (χ0v) is 20.4. The maximum absolute atomic E-state index is 12.9. The lowest BCUT2D eigenvalue weighted by atomic mass is 10.1. The molecule has 188 valence electrons. The number of esters is 1. The third kappa shape index (κ3) is 5.48. The van der Waals surface area contributed by atoms with Crippen molar-refractivity contribution in [3.63, 3.8) is 0 Å². The normalized spacial score (nSPS) is 13.2. The molecule has 2 aromatic carbocycles. The molecule has 0 saturated carbocycles. The predicted octanol–water partition coefficient (Wildman–Crippen LogP) is 4.52. The van der Waals surface area contributed by atoms with E-state index in [0.717, 1.165) is 5.56 Å². The number of alkyl halides is 2. The van der Waals surface area contributed by atoms with Crippen molar-refractivity contribution in [1.82, 2.24) is 14.9 Å². The van der Waals surface area contributed by atoms with E-state index in [-0.39, 0.29) is 23.7 Å². The Bertz CT molecular complexity index is 1310. The molecule has 0 aliphatic carbocycles. The van der Waals surface area contributed by atoms with Gasteiger partial charge in [0.1, 0.15) is 5.75 Å². The minimum Gasteiger partial charge on any atom is -0.497 e. The number of hydrogen-bond donors (Lipinski definition) is 0. The molecule has 0 saturated heterocycles. The van der Waals surface area contributed by atoms with E-state index in [9.17, 15) is 13.6 Å². The van der Waals surface area contributed by atoms with E-state index in [4.69, 9.17) is 14.2 Å². The fourth-order valence-corrected chi connectivity index (χ4v) is 4.21. The molecule has 0 N–H and O–H groups in total. The van der Waals surface area contributed by atoms with E-state index in [1.165, 1.54) is 37.1 Å². The summed E-state index contributed by atoms with van der Waals surface area (Å²) >= 11 is 1.37. The van der Waals surface area contributed by atoms with Gasteiger partial charge in [-0.2, -0.15) is 18.6 Å². The molecule has 0 atom stereocenters. The fourth-order valence-electron chi connectivity index (χ4n) is 3.38. The lowest BCUT2D eigenvalue weighted by Crippen LogP contribution is -2.21. The van der Waals surface area contributed by atoms with Crippen LogP contribution >= 0.6 is 11.8 Å². The van der Waals surface area contributed by atoms with Crippen LogP contribution in [-0.2, 0) is 9.53 Å². The Morgan fingerprint density at radius 2 is 1.89 bits per heavy atom. The summed E-state index contributed by atoms with van der Waals surface area (Å²) < 4.78 is 47.1. The molecule has 36 heavy (non-hydrogen) atoms. The van der Waals surface area contributed by atoms with Crippen LogP contribution in [0.3, 0.4) is 0 Å². The molecule has 0 fully saturated rings. The molecular weight excluding hydrogens is 494 g/mol. The monoisotopic (exact) mass is 516 g/mol. The summed E-state index contributed by atoms with van der Waals surface area (Å²) in [6, 6.07) is 11.6. The first-order chi connectivity index (χ1) is 17.4. The highest BCUT2D eigenvalue weighted by Gasteiger charge is 2.26. The number of methoxy groups -OCH3 is 2. The van der Waals surface area contributed by atoms with E-state index in [1.54, 1.807) is 36.9 Å². The van der Waals surface area contributed by atoms with E-state index in [1.807, 2.05) is 12.1 Å². The van der Waals surface area contributed by atoms with E-state index in [0.29, 0.717) is 33.8 Å². The number of aromatic nitrogens is 3. The van der Waals surface area contributed by atoms with Crippen LogP contribution in [0.5, 0.6) is 17.2 Å². The minimum absolute atomic E-state index is 0.0927. The van der Waals surface area contributed by atoms with Gasteiger partial charge in [-0.05, 0) is 55.0 Å². The Hall–Kier alpha value is -3.93. The maximum Gasteiger partial charge on any atom is 0.387 e. The summed E-state index contributed by atoms with van der Waals surface area (Å²) in [6.07, 6.45) is 1.56. The highest BCUT2D eigenvalue weighted by atomic mass is 32.2. The van der Waals surface area contributed by atoms with Gasteiger partial charge in [0.25, 0.3) is 0 Å². The van der Waals surface area contributed by atoms with Gasteiger partial charge in [-0.3, -0.25) is 0 Å². The number of halogens is 2. The number of thioether (sulfide) groups is 1. The molecule has 1 aliphatic heterocycles. The van der Waals surface area contributed by atoms with Crippen molar-refractivity contribution >= 4 is 29.5 Å². The molecule has 0 radical (unpaired) electrons. The van der Waals surface area contributed by atoms with Crippen LogP contribution in [0, 0.1) is 0 Å². The summed E-state index contributed by atoms with van der Waals surface area (Å²) in [6.45, 7) is -1.13. The first-order valence-corrected chi connectivity index (χ1v) is 11.7. The zero-order chi connectivity index (χ0) is 25.7. The van der Waals surface area contributed by atoms with Crippen LogP contribution < -0.4 is 14.2 Å². The molecule has 0 bridgehead atoms. The smallest absolute Gasteiger partial charge is 0.387 e. The summed E-state index contributed by atoms with van der Waals surface area (Å²) in [7, 11) is 2.92. The van der Waals surface area contributed by atoms with Gasteiger partial charge in [0.05, 0.1) is 32.1 Å². The summed E-state index contributed by atoms with van der Waals surface area (Å²) in [5, 5.41) is 13.7. The minimum atomic E-state index is -3.00. The summed E-state index contributed by atoms with van der Waals surface area (Å²) in [5.74, 6) is 0.932. The van der Waals surface area contributed by atoms with Gasteiger partial charge in [-0.25, -0.2) is 4.79 Å². The average Bonchev–Trinajstić information content (AvgIpc) is 3.31.